The number of piperazine rings is 1. The summed E-state index contributed by atoms with van der Waals surface area (Å²) in [5.74, 6) is -1.79. The summed E-state index contributed by atoms with van der Waals surface area (Å²) in [7, 11) is 0. The highest BCUT2D eigenvalue weighted by molar-refractivity contribution is 5.93. The molecule has 1 fully saturated rings. The number of carboxylic acid groups (broad SMARTS) is 1. The van der Waals surface area contributed by atoms with Gasteiger partial charge in [-0.1, -0.05) is 24.3 Å². The lowest BCUT2D eigenvalue weighted by Gasteiger charge is -2.34. The van der Waals surface area contributed by atoms with Gasteiger partial charge in [-0.2, -0.15) is 0 Å². The number of nitrogens with zero attached hydrogens (tertiary/aromatic N) is 2. The summed E-state index contributed by atoms with van der Waals surface area (Å²) >= 11 is 0. The van der Waals surface area contributed by atoms with Crippen molar-refractivity contribution in [1.82, 2.24) is 9.80 Å². The molecule has 2 aromatic rings. The molecule has 2 heterocycles. The SMILES string of the molecule is Cc1ccccc1CC(=O)N1CCN(C(=O)c2ccc(C(=O)O)o2)CC1. The second-order valence-corrected chi connectivity index (χ2v) is 6.25. The summed E-state index contributed by atoms with van der Waals surface area (Å²) in [6.07, 6.45) is 0.348. The van der Waals surface area contributed by atoms with Gasteiger partial charge in [0, 0.05) is 26.2 Å². The van der Waals surface area contributed by atoms with Crippen molar-refractivity contribution in [2.24, 2.45) is 0 Å². The number of rotatable bonds is 4. The number of amides is 2. The third kappa shape index (κ3) is 3.77. The first kappa shape index (κ1) is 17.7. The van der Waals surface area contributed by atoms with Crippen LogP contribution in [0.25, 0.3) is 0 Å². The molecule has 0 radical (unpaired) electrons. The van der Waals surface area contributed by atoms with Gasteiger partial charge < -0.3 is 19.3 Å². The molecule has 1 aliphatic heterocycles. The van der Waals surface area contributed by atoms with Crippen molar-refractivity contribution < 1.29 is 23.9 Å². The second-order valence-electron chi connectivity index (χ2n) is 6.25. The van der Waals surface area contributed by atoms with Gasteiger partial charge in [-0.05, 0) is 30.2 Å². The van der Waals surface area contributed by atoms with Gasteiger partial charge in [0.2, 0.25) is 11.7 Å². The van der Waals surface area contributed by atoms with Gasteiger partial charge in [-0.15, -0.1) is 0 Å². The van der Waals surface area contributed by atoms with Crippen LogP contribution in [0.4, 0.5) is 0 Å². The van der Waals surface area contributed by atoms with E-state index in [4.69, 9.17) is 9.52 Å². The van der Waals surface area contributed by atoms with Gasteiger partial charge in [-0.3, -0.25) is 9.59 Å². The van der Waals surface area contributed by atoms with Crippen LogP contribution in [-0.2, 0) is 11.2 Å². The van der Waals surface area contributed by atoms with Crippen molar-refractivity contribution >= 4 is 17.8 Å². The maximum Gasteiger partial charge on any atom is 0.371 e. The Morgan fingerprint density at radius 2 is 1.58 bits per heavy atom. The Morgan fingerprint density at radius 1 is 0.962 bits per heavy atom. The van der Waals surface area contributed by atoms with E-state index in [1.54, 1.807) is 9.80 Å². The van der Waals surface area contributed by atoms with Crippen LogP contribution >= 0.6 is 0 Å². The first-order valence-corrected chi connectivity index (χ1v) is 8.40. The molecular formula is C19H20N2O5. The van der Waals surface area contributed by atoms with E-state index in [0.29, 0.717) is 32.6 Å². The minimum Gasteiger partial charge on any atom is -0.475 e. The Balaban J connectivity index is 1.56. The summed E-state index contributed by atoms with van der Waals surface area (Å²) in [6, 6.07) is 10.4. The Labute approximate surface area is 150 Å². The number of carboxylic acids is 1. The number of furan rings is 1. The molecule has 0 unspecified atom stereocenters. The van der Waals surface area contributed by atoms with Crippen molar-refractivity contribution in [3.05, 3.63) is 59.0 Å². The number of benzene rings is 1. The summed E-state index contributed by atoms with van der Waals surface area (Å²) in [5, 5.41) is 8.86. The molecule has 7 heteroatoms. The van der Waals surface area contributed by atoms with Crippen molar-refractivity contribution in [2.75, 3.05) is 26.2 Å². The van der Waals surface area contributed by atoms with E-state index in [1.165, 1.54) is 12.1 Å². The standard InChI is InChI=1S/C19H20N2O5/c1-13-4-2-3-5-14(13)12-17(22)20-8-10-21(11-9-20)18(23)15-6-7-16(26-15)19(24)25/h2-7H,8-12H2,1H3,(H,24,25). The molecule has 0 bridgehead atoms. The van der Waals surface area contributed by atoms with Gasteiger partial charge >= 0.3 is 5.97 Å². The molecule has 1 aliphatic rings. The minimum absolute atomic E-state index is 0.00193. The van der Waals surface area contributed by atoms with Crippen LogP contribution in [0.1, 0.15) is 32.2 Å². The van der Waals surface area contributed by atoms with Crippen LogP contribution in [0, 0.1) is 6.92 Å². The monoisotopic (exact) mass is 356 g/mol. The Kier molecular flexibility index (Phi) is 5.06. The van der Waals surface area contributed by atoms with Crippen LogP contribution in [0.15, 0.2) is 40.8 Å². The smallest absolute Gasteiger partial charge is 0.371 e. The van der Waals surface area contributed by atoms with Gasteiger partial charge in [0.1, 0.15) is 0 Å². The number of hydrogen-bond acceptors (Lipinski definition) is 4. The average Bonchev–Trinajstić information content (AvgIpc) is 3.13. The van der Waals surface area contributed by atoms with E-state index < -0.39 is 5.97 Å². The van der Waals surface area contributed by atoms with Crippen LogP contribution < -0.4 is 0 Å². The maximum atomic E-state index is 12.5. The van der Waals surface area contributed by atoms with E-state index in [1.807, 2.05) is 31.2 Å². The highest BCUT2D eigenvalue weighted by atomic mass is 16.4. The molecule has 1 saturated heterocycles. The molecular weight excluding hydrogens is 336 g/mol. The second kappa shape index (κ2) is 7.43. The fourth-order valence-electron chi connectivity index (χ4n) is 2.97. The normalized spacial score (nSPS) is 14.3. The average molecular weight is 356 g/mol. The van der Waals surface area contributed by atoms with E-state index in [-0.39, 0.29) is 23.3 Å². The maximum absolute atomic E-state index is 12.5. The summed E-state index contributed by atoms with van der Waals surface area (Å²) in [4.78, 5) is 39.0. The van der Waals surface area contributed by atoms with Crippen LogP contribution in [0.3, 0.4) is 0 Å². The molecule has 26 heavy (non-hydrogen) atoms. The van der Waals surface area contributed by atoms with E-state index in [2.05, 4.69) is 0 Å². The van der Waals surface area contributed by atoms with Crippen molar-refractivity contribution in [2.45, 2.75) is 13.3 Å². The number of carbonyl (C=O) groups excluding carboxylic acids is 2. The molecule has 1 aromatic heterocycles. The van der Waals surface area contributed by atoms with Gasteiger partial charge in [-0.25, -0.2) is 4.79 Å². The molecule has 1 aromatic carbocycles. The number of carbonyl (C=O) groups is 3. The third-order valence-electron chi connectivity index (χ3n) is 4.55. The molecule has 0 spiro atoms. The highest BCUT2D eigenvalue weighted by Gasteiger charge is 2.27. The lowest BCUT2D eigenvalue weighted by Crippen LogP contribution is -2.51. The fourth-order valence-corrected chi connectivity index (χ4v) is 2.97. The molecule has 0 aliphatic carbocycles. The zero-order valence-corrected chi connectivity index (χ0v) is 14.5. The van der Waals surface area contributed by atoms with E-state index in [0.717, 1.165) is 11.1 Å². The molecule has 3 rings (SSSR count). The van der Waals surface area contributed by atoms with Crippen molar-refractivity contribution in [3.63, 3.8) is 0 Å². The van der Waals surface area contributed by atoms with Crippen LogP contribution in [-0.4, -0.2) is 58.9 Å². The first-order valence-electron chi connectivity index (χ1n) is 8.40. The predicted molar refractivity (Wildman–Crippen MR) is 93.0 cm³/mol. The van der Waals surface area contributed by atoms with Gasteiger partial charge in [0.25, 0.3) is 5.91 Å². The molecule has 0 atom stereocenters. The van der Waals surface area contributed by atoms with E-state index in [9.17, 15) is 14.4 Å². The number of aromatic carboxylic acids is 1. The highest BCUT2D eigenvalue weighted by Crippen LogP contribution is 2.14. The van der Waals surface area contributed by atoms with Crippen molar-refractivity contribution in [1.29, 1.82) is 0 Å². The molecule has 7 nitrogen and oxygen atoms in total. The Hall–Kier alpha value is -3.09. The zero-order valence-electron chi connectivity index (χ0n) is 14.5. The third-order valence-corrected chi connectivity index (χ3v) is 4.55. The molecule has 136 valence electrons. The zero-order chi connectivity index (χ0) is 18.7. The first-order chi connectivity index (χ1) is 12.5. The summed E-state index contributed by atoms with van der Waals surface area (Å²) < 4.78 is 5.06. The quantitative estimate of drug-likeness (QED) is 0.902. The number of aryl methyl sites for hydroxylation is 1. The van der Waals surface area contributed by atoms with Crippen LogP contribution in [0.5, 0.6) is 0 Å². The van der Waals surface area contributed by atoms with Gasteiger partial charge in [0.15, 0.2) is 5.76 Å². The largest absolute Gasteiger partial charge is 0.475 e. The summed E-state index contributed by atoms with van der Waals surface area (Å²) in [6.45, 7) is 3.66. The van der Waals surface area contributed by atoms with Gasteiger partial charge in [0.05, 0.1) is 6.42 Å². The lowest BCUT2D eigenvalue weighted by molar-refractivity contribution is -0.131. The topological polar surface area (TPSA) is 91.1 Å². The summed E-state index contributed by atoms with van der Waals surface area (Å²) in [5.41, 5.74) is 2.09. The molecule has 2 amide bonds. The molecule has 1 N–H and O–H groups in total. The van der Waals surface area contributed by atoms with E-state index >= 15 is 0 Å². The lowest BCUT2D eigenvalue weighted by atomic mass is 10.1. The van der Waals surface area contributed by atoms with Crippen LogP contribution in [0.2, 0.25) is 0 Å². The minimum atomic E-state index is -1.21. The Morgan fingerprint density at radius 3 is 2.19 bits per heavy atom. The molecule has 0 saturated carbocycles. The number of hydrogen-bond donors (Lipinski definition) is 1. The fraction of sp³-hybridized carbons (Fsp3) is 0.316. The Bertz CT molecular complexity index is 834. The predicted octanol–water partition coefficient (Wildman–Crippen LogP) is 1.81. The van der Waals surface area contributed by atoms with Crippen molar-refractivity contribution in [3.8, 4) is 0 Å².